The predicted molar refractivity (Wildman–Crippen MR) is 73.0 cm³/mol. The number of aliphatic carboxylic acids is 1. The zero-order valence-electron chi connectivity index (χ0n) is 12.5. The van der Waals surface area contributed by atoms with Crippen molar-refractivity contribution in [3.05, 3.63) is 0 Å². The summed E-state index contributed by atoms with van der Waals surface area (Å²) in [6.07, 6.45) is 1.69. The molecular formula is C14H24N2O4. The fourth-order valence-electron chi connectivity index (χ4n) is 3.48. The van der Waals surface area contributed by atoms with E-state index in [1.165, 1.54) is 13.8 Å². The number of hydrogen-bond acceptors (Lipinski definition) is 4. The number of carbonyl (C=O) groups is 2. The van der Waals surface area contributed by atoms with E-state index in [9.17, 15) is 9.59 Å². The van der Waals surface area contributed by atoms with Crippen LogP contribution in [0.1, 0.15) is 40.5 Å². The highest BCUT2D eigenvalue weighted by Gasteiger charge is 2.70. The molecule has 0 spiro atoms. The van der Waals surface area contributed by atoms with Crippen LogP contribution in [0.5, 0.6) is 0 Å². The van der Waals surface area contributed by atoms with Gasteiger partial charge in [-0.1, -0.05) is 13.8 Å². The van der Waals surface area contributed by atoms with E-state index in [1.807, 2.05) is 13.8 Å². The second-order valence-corrected chi connectivity index (χ2v) is 7.02. The number of carboxylic acids is 1. The minimum atomic E-state index is -1.33. The monoisotopic (exact) mass is 284 g/mol. The minimum Gasteiger partial charge on any atom is -0.480 e. The largest absolute Gasteiger partial charge is 0.480 e. The third-order valence-electron chi connectivity index (χ3n) is 5.02. The van der Waals surface area contributed by atoms with Crippen LogP contribution in [0.4, 0.5) is 0 Å². The van der Waals surface area contributed by atoms with Crippen LogP contribution in [0.3, 0.4) is 0 Å². The topological polar surface area (TPSA) is 102 Å². The minimum absolute atomic E-state index is 0.0278. The number of amides is 1. The van der Waals surface area contributed by atoms with Gasteiger partial charge in [-0.3, -0.25) is 4.79 Å². The zero-order valence-corrected chi connectivity index (χ0v) is 12.5. The quantitative estimate of drug-likeness (QED) is 0.700. The normalized spacial score (nSPS) is 35.6. The Kier molecular flexibility index (Phi) is 3.38. The van der Waals surface area contributed by atoms with Crippen molar-refractivity contribution >= 4 is 11.9 Å². The number of rotatable bonds is 3. The van der Waals surface area contributed by atoms with Gasteiger partial charge >= 0.3 is 5.97 Å². The average molecular weight is 284 g/mol. The molecule has 2 aliphatic rings. The Bertz CT molecular complexity index is 446. The number of nitrogens with one attached hydrogen (secondary N) is 1. The van der Waals surface area contributed by atoms with Gasteiger partial charge in [0.25, 0.3) is 0 Å². The van der Waals surface area contributed by atoms with Crippen LogP contribution >= 0.6 is 0 Å². The molecule has 6 nitrogen and oxygen atoms in total. The first-order valence-electron chi connectivity index (χ1n) is 7.01. The first-order chi connectivity index (χ1) is 9.05. The van der Waals surface area contributed by atoms with Gasteiger partial charge in [0.1, 0.15) is 11.1 Å². The molecule has 0 radical (unpaired) electrons. The van der Waals surface area contributed by atoms with E-state index in [1.54, 1.807) is 0 Å². The summed E-state index contributed by atoms with van der Waals surface area (Å²) in [7, 11) is 0. The smallest absolute Gasteiger partial charge is 0.328 e. The molecule has 2 fully saturated rings. The van der Waals surface area contributed by atoms with E-state index in [2.05, 4.69) is 5.32 Å². The highest BCUT2D eigenvalue weighted by molar-refractivity contribution is 5.93. The van der Waals surface area contributed by atoms with Crippen LogP contribution in [-0.4, -0.2) is 40.8 Å². The maximum Gasteiger partial charge on any atom is 0.328 e. The molecule has 20 heavy (non-hydrogen) atoms. The molecule has 6 heteroatoms. The highest BCUT2D eigenvalue weighted by atomic mass is 16.5. The van der Waals surface area contributed by atoms with E-state index < -0.39 is 28.4 Å². The summed E-state index contributed by atoms with van der Waals surface area (Å²) in [6.45, 7) is 7.43. The lowest BCUT2D eigenvalue weighted by Crippen LogP contribution is -2.83. The van der Waals surface area contributed by atoms with Gasteiger partial charge in [0, 0.05) is 17.9 Å². The van der Waals surface area contributed by atoms with E-state index in [0.29, 0.717) is 6.61 Å². The molecule has 1 amide bonds. The van der Waals surface area contributed by atoms with Crippen molar-refractivity contribution < 1.29 is 19.4 Å². The zero-order chi connectivity index (χ0) is 15.3. The molecule has 0 aromatic heterocycles. The molecule has 114 valence electrons. The number of carbonyl (C=O) groups excluding carboxylic acids is 1. The first kappa shape index (κ1) is 15.3. The number of fused-ring (bicyclic) bond motifs is 1. The molecule has 1 saturated heterocycles. The van der Waals surface area contributed by atoms with Gasteiger partial charge in [-0.15, -0.1) is 0 Å². The molecule has 0 bridgehead atoms. The van der Waals surface area contributed by atoms with Crippen LogP contribution in [0, 0.1) is 11.3 Å². The van der Waals surface area contributed by atoms with Gasteiger partial charge in [0.05, 0.1) is 6.10 Å². The molecular weight excluding hydrogens is 260 g/mol. The Labute approximate surface area is 119 Å². The average Bonchev–Trinajstić information content (AvgIpc) is 2.36. The van der Waals surface area contributed by atoms with Gasteiger partial charge in [-0.25, -0.2) is 4.79 Å². The first-order valence-corrected chi connectivity index (χ1v) is 7.01. The van der Waals surface area contributed by atoms with Gasteiger partial charge in [-0.2, -0.15) is 0 Å². The number of nitrogens with two attached hydrogens (primary N) is 1. The van der Waals surface area contributed by atoms with Crippen molar-refractivity contribution in [1.29, 1.82) is 0 Å². The highest BCUT2D eigenvalue weighted by Crippen LogP contribution is 2.57. The van der Waals surface area contributed by atoms with E-state index in [4.69, 9.17) is 15.6 Å². The Morgan fingerprint density at radius 3 is 2.55 bits per heavy atom. The van der Waals surface area contributed by atoms with Gasteiger partial charge in [-0.05, 0) is 26.7 Å². The van der Waals surface area contributed by atoms with Crippen molar-refractivity contribution in [2.24, 2.45) is 17.1 Å². The fourth-order valence-corrected chi connectivity index (χ4v) is 3.48. The van der Waals surface area contributed by atoms with Crippen molar-refractivity contribution in [2.75, 3.05) is 6.61 Å². The Morgan fingerprint density at radius 1 is 1.40 bits per heavy atom. The van der Waals surface area contributed by atoms with E-state index >= 15 is 0 Å². The summed E-state index contributed by atoms with van der Waals surface area (Å²) in [5, 5.41) is 11.7. The molecule has 1 aliphatic carbocycles. The van der Waals surface area contributed by atoms with Crippen LogP contribution in [-0.2, 0) is 14.3 Å². The molecule has 2 rings (SSSR count). The maximum atomic E-state index is 12.6. The van der Waals surface area contributed by atoms with Gasteiger partial charge in [0.2, 0.25) is 5.91 Å². The van der Waals surface area contributed by atoms with Crippen molar-refractivity contribution in [3.8, 4) is 0 Å². The summed E-state index contributed by atoms with van der Waals surface area (Å²) in [4.78, 5) is 23.7. The number of ether oxygens (including phenoxy) is 1. The number of hydrogen-bond donors (Lipinski definition) is 3. The Hall–Kier alpha value is -1.14. The standard InChI is InChI=1S/C14H24N2O4/c1-12(2)9-8(6-5-7-20-9)14(12,15)10(17)16-13(3,4)11(18)19/h8-9H,5-7,15H2,1-4H3,(H,16,17)(H,18,19). The van der Waals surface area contributed by atoms with Gasteiger partial charge in [0.15, 0.2) is 0 Å². The van der Waals surface area contributed by atoms with Crippen LogP contribution in [0.2, 0.25) is 0 Å². The SMILES string of the molecule is CC(C)(NC(=O)C1(N)C2CCCOC2C1(C)C)C(=O)O. The molecule has 1 saturated carbocycles. The molecule has 1 aliphatic heterocycles. The summed E-state index contributed by atoms with van der Waals surface area (Å²) in [6, 6.07) is 0. The Morgan fingerprint density at radius 2 is 2.00 bits per heavy atom. The summed E-state index contributed by atoms with van der Waals surface area (Å²) < 4.78 is 5.74. The molecule has 0 aromatic carbocycles. The van der Waals surface area contributed by atoms with E-state index in [0.717, 1.165) is 12.8 Å². The predicted octanol–water partition coefficient (Wildman–Crippen LogP) is 0.498. The van der Waals surface area contributed by atoms with Crippen molar-refractivity contribution in [2.45, 2.75) is 57.7 Å². The summed E-state index contributed by atoms with van der Waals surface area (Å²) >= 11 is 0. The lowest BCUT2D eigenvalue weighted by Gasteiger charge is -2.65. The summed E-state index contributed by atoms with van der Waals surface area (Å²) in [5.41, 5.74) is 3.49. The molecule has 4 N–H and O–H groups in total. The van der Waals surface area contributed by atoms with E-state index in [-0.39, 0.29) is 12.0 Å². The fraction of sp³-hybridized carbons (Fsp3) is 0.857. The summed E-state index contributed by atoms with van der Waals surface area (Å²) in [5.74, 6) is -1.53. The molecule has 3 unspecified atom stereocenters. The molecule has 3 atom stereocenters. The Balaban J connectivity index is 2.22. The van der Waals surface area contributed by atoms with Crippen LogP contribution in [0.15, 0.2) is 0 Å². The second kappa shape index (κ2) is 4.43. The van der Waals surface area contributed by atoms with Crippen LogP contribution < -0.4 is 11.1 Å². The lowest BCUT2D eigenvalue weighted by atomic mass is 9.46. The maximum absolute atomic E-state index is 12.6. The third-order valence-corrected chi connectivity index (χ3v) is 5.02. The molecule has 0 aromatic rings. The van der Waals surface area contributed by atoms with Crippen molar-refractivity contribution in [1.82, 2.24) is 5.32 Å². The van der Waals surface area contributed by atoms with Gasteiger partial charge < -0.3 is 20.9 Å². The number of carboxylic acid groups (broad SMARTS) is 1. The van der Waals surface area contributed by atoms with Crippen molar-refractivity contribution in [3.63, 3.8) is 0 Å². The molecule has 1 heterocycles. The second-order valence-electron chi connectivity index (χ2n) is 7.02. The third kappa shape index (κ3) is 1.85. The lowest BCUT2D eigenvalue weighted by molar-refractivity contribution is -0.226. The van der Waals surface area contributed by atoms with Crippen LogP contribution in [0.25, 0.3) is 0 Å².